The van der Waals surface area contributed by atoms with Crippen molar-refractivity contribution >= 4 is 31.1 Å². The first-order valence-corrected chi connectivity index (χ1v) is 8.14. The molecule has 0 aliphatic heterocycles. The van der Waals surface area contributed by atoms with Gasteiger partial charge >= 0.3 is 0 Å². The van der Waals surface area contributed by atoms with E-state index in [1.165, 1.54) is 6.07 Å². The van der Waals surface area contributed by atoms with Gasteiger partial charge in [-0.25, -0.2) is 8.42 Å². The van der Waals surface area contributed by atoms with E-state index in [0.29, 0.717) is 6.42 Å². The molecule has 0 unspecified atom stereocenters. The van der Waals surface area contributed by atoms with Crippen LogP contribution < -0.4 is 0 Å². The topological polar surface area (TPSA) is 57.9 Å². The van der Waals surface area contributed by atoms with Gasteiger partial charge in [0.05, 0.1) is 12.5 Å². The van der Waals surface area contributed by atoms with Crippen LogP contribution in [0.3, 0.4) is 0 Å². The molecule has 0 atom stereocenters. The van der Waals surface area contributed by atoms with Crippen molar-refractivity contribution in [2.24, 2.45) is 0 Å². The highest BCUT2D eigenvalue weighted by Gasteiger charge is 2.13. The van der Waals surface area contributed by atoms with E-state index in [9.17, 15) is 8.42 Å². The maximum Gasteiger partial charge on any atom is 0.270 e. The first kappa shape index (κ1) is 13.1. The molecule has 92 valence electrons. The molecule has 0 spiro atoms. The predicted octanol–water partition coefficient (Wildman–Crippen LogP) is 3.41. The Morgan fingerprint density at radius 2 is 1.83 bits per heavy atom. The molecule has 2 aromatic rings. The molecule has 1 aromatic heterocycles. The van der Waals surface area contributed by atoms with Gasteiger partial charge in [0, 0.05) is 15.6 Å². The Labute approximate surface area is 114 Å². The molecule has 0 bridgehead atoms. The Balaban J connectivity index is 2.32. The minimum atomic E-state index is -3.66. The van der Waals surface area contributed by atoms with Gasteiger partial charge in [-0.1, -0.05) is 24.3 Å². The van der Waals surface area contributed by atoms with Crippen molar-refractivity contribution in [2.45, 2.75) is 10.6 Å². The van der Waals surface area contributed by atoms with Gasteiger partial charge in [0.2, 0.25) is 0 Å². The number of halogens is 1. The second-order valence-electron chi connectivity index (χ2n) is 3.59. The fourth-order valence-electron chi connectivity index (χ4n) is 1.48. The summed E-state index contributed by atoms with van der Waals surface area (Å²) in [6, 6.07) is 12.7. The summed E-state index contributed by atoms with van der Waals surface area (Å²) in [6.07, 6.45) is 0.367. The smallest absolute Gasteiger partial charge is 0.206 e. The van der Waals surface area contributed by atoms with E-state index in [4.69, 9.17) is 15.9 Å². The molecule has 1 aromatic carbocycles. The molecule has 6 heteroatoms. The zero-order valence-electron chi connectivity index (χ0n) is 9.13. The van der Waals surface area contributed by atoms with Crippen LogP contribution in [0.4, 0.5) is 0 Å². The summed E-state index contributed by atoms with van der Waals surface area (Å²) >= 11 is 1.13. The average molecular weight is 298 g/mol. The third-order valence-corrected chi connectivity index (χ3v) is 5.57. The van der Waals surface area contributed by atoms with Crippen LogP contribution in [0.5, 0.6) is 0 Å². The number of rotatable bonds is 3. The molecule has 0 saturated carbocycles. The molecule has 0 amide bonds. The molecule has 0 fully saturated rings. The van der Waals surface area contributed by atoms with Gasteiger partial charge in [-0.3, -0.25) is 0 Å². The second kappa shape index (κ2) is 5.11. The fraction of sp³-hybridized carbons (Fsp3) is 0.0833. The predicted molar refractivity (Wildman–Crippen MR) is 72.1 cm³/mol. The molecular weight excluding hydrogens is 290 g/mol. The van der Waals surface area contributed by atoms with E-state index in [2.05, 4.69) is 6.07 Å². The highest BCUT2D eigenvalue weighted by atomic mass is 35.7. The first-order valence-electron chi connectivity index (χ1n) is 5.01. The van der Waals surface area contributed by atoms with E-state index in [0.717, 1.165) is 27.3 Å². The van der Waals surface area contributed by atoms with Crippen molar-refractivity contribution in [3.8, 4) is 16.5 Å². The van der Waals surface area contributed by atoms with Gasteiger partial charge < -0.3 is 0 Å². The number of nitrogens with zero attached hydrogens (tertiary/aromatic N) is 1. The molecule has 18 heavy (non-hydrogen) atoms. The minimum absolute atomic E-state index is 0.139. The minimum Gasteiger partial charge on any atom is -0.206 e. The molecule has 0 saturated heterocycles. The quantitative estimate of drug-likeness (QED) is 0.816. The Bertz CT molecular complexity index is 696. The summed E-state index contributed by atoms with van der Waals surface area (Å²) in [6.45, 7) is 0. The summed E-state index contributed by atoms with van der Waals surface area (Å²) < 4.78 is 22.5. The van der Waals surface area contributed by atoms with Crippen molar-refractivity contribution in [1.82, 2.24) is 0 Å². The summed E-state index contributed by atoms with van der Waals surface area (Å²) in [5, 5.41) is 8.57. The van der Waals surface area contributed by atoms with Crippen molar-refractivity contribution < 1.29 is 8.42 Å². The van der Waals surface area contributed by atoms with E-state index in [1.54, 1.807) is 6.07 Å². The van der Waals surface area contributed by atoms with Crippen molar-refractivity contribution in [3.05, 3.63) is 42.0 Å². The Kier molecular flexibility index (Phi) is 3.71. The SMILES string of the molecule is N#CCc1ccc(-c2ccc(S(=O)(=O)Cl)s2)cc1. The lowest BCUT2D eigenvalue weighted by Crippen LogP contribution is -1.83. The number of nitriles is 1. The zero-order valence-corrected chi connectivity index (χ0v) is 11.5. The van der Waals surface area contributed by atoms with Crippen LogP contribution in [-0.2, 0) is 15.5 Å². The highest BCUT2D eigenvalue weighted by molar-refractivity contribution is 8.15. The molecule has 0 aliphatic carbocycles. The van der Waals surface area contributed by atoms with Crippen LogP contribution in [0.25, 0.3) is 10.4 Å². The monoisotopic (exact) mass is 297 g/mol. The lowest BCUT2D eigenvalue weighted by Gasteiger charge is -1.98. The first-order chi connectivity index (χ1) is 8.50. The molecule has 3 nitrogen and oxygen atoms in total. The van der Waals surface area contributed by atoms with E-state index < -0.39 is 9.05 Å². The molecular formula is C12H8ClNO2S2. The highest BCUT2D eigenvalue weighted by Crippen LogP contribution is 2.32. The van der Waals surface area contributed by atoms with E-state index >= 15 is 0 Å². The number of benzene rings is 1. The molecule has 1 heterocycles. The average Bonchev–Trinajstić information content (AvgIpc) is 2.79. The summed E-state index contributed by atoms with van der Waals surface area (Å²) in [4.78, 5) is 0.831. The normalized spacial score (nSPS) is 11.1. The molecule has 0 N–H and O–H groups in total. The van der Waals surface area contributed by atoms with Crippen LogP contribution in [0.15, 0.2) is 40.6 Å². The lowest BCUT2D eigenvalue weighted by molar-refractivity contribution is 0.611. The second-order valence-corrected chi connectivity index (χ2v) is 7.46. The third kappa shape index (κ3) is 2.91. The van der Waals surface area contributed by atoms with E-state index in [-0.39, 0.29) is 4.21 Å². The Morgan fingerprint density at radius 1 is 1.17 bits per heavy atom. The zero-order chi connectivity index (χ0) is 13.2. The van der Waals surface area contributed by atoms with Gasteiger partial charge in [-0.2, -0.15) is 5.26 Å². The molecule has 2 rings (SSSR count). The Hall–Kier alpha value is -1.35. The number of thiophene rings is 1. The third-order valence-electron chi connectivity index (χ3n) is 2.34. The van der Waals surface area contributed by atoms with Crippen molar-refractivity contribution in [2.75, 3.05) is 0 Å². The van der Waals surface area contributed by atoms with Gasteiger partial charge in [0.25, 0.3) is 9.05 Å². The Morgan fingerprint density at radius 3 is 2.33 bits per heavy atom. The number of hydrogen-bond acceptors (Lipinski definition) is 4. The molecule has 0 aliphatic rings. The van der Waals surface area contributed by atoms with Crippen molar-refractivity contribution in [3.63, 3.8) is 0 Å². The van der Waals surface area contributed by atoms with Crippen LogP contribution in [0.2, 0.25) is 0 Å². The molecule has 0 radical (unpaired) electrons. The van der Waals surface area contributed by atoms with Gasteiger partial charge in [0.1, 0.15) is 4.21 Å². The van der Waals surface area contributed by atoms with Crippen LogP contribution in [0, 0.1) is 11.3 Å². The van der Waals surface area contributed by atoms with Crippen LogP contribution in [0.1, 0.15) is 5.56 Å². The summed E-state index contributed by atoms with van der Waals surface area (Å²) in [5.74, 6) is 0. The van der Waals surface area contributed by atoms with Crippen LogP contribution in [-0.4, -0.2) is 8.42 Å². The largest absolute Gasteiger partial charge is 0.270 e. The van der Waals surface area contributed by atoms with Crippen molar-refractivity contribution in [1.29, 1.82) is 5.26 Å². The standard InChI is InChI=1S/C12H8ClNO2S2/c13-18(15,16)12-6-5-11(17-12)10-3-1-9(2-4-10)7-8-14/h1-6H,7H2. The maximum absolute atomic E-state index is 11.2. The maximum atomic E-state index is 11.2. The van der Waals surface area contributed by atoms with Gasteiger partial charge in [0.15, 0.2) is 0 Å². The van der Waals surface area contributed by atoms with Gasteiger partial charge in [-0.05, 0) is 23.3 Å². The summed E-state index contributed by atoms with van der Waals surface area (Å²) in [5.41, 5.74) is 1.84. The number of hydrogen-bond donors (Lipinski definition) is 0. The lowest BCUT2D eigenvalue weighted by atomic mass is 10.1. The fourth-order valence-corrected chi connectivity index (χ4v) is 3.56. The van der Waals surface area contributed by atoms with Gasteiger partial charge in [-0.15, -0.1) is 11.3 Å². The van der Waals surface area contributed by atoms with E-state index in [1.807, 2.05) is 24.3 Å². The van der Waals surface area contributed by atoms with Crippen LogP contribution >= 0.6 is 22.0 Å². The summed E-state index contributed by atoms with van der Waals surface area (Å²) in [7, 11) is 1.61.